The van der Waals surface area contributed by atoms with Gasteiger partial charge in [0.1, 0.15) is 18.1 Å². The van der Waals surface area contributed by atoms with Crippen molar-refractivity contribution in [2.45, 2.75) is 59.0 Å². The summed E-state index contributed by atoms with van der Waals surface area (Å²) in [5, 5.41) is 9.51. The minimum Gasteiger partial charge on any atom is -0.465 e. The van der Waals surface area contributed by atoms with E-state index < -0.39 is 15.8 Å². The predicted octanol–water partition coefficient (Wildman–Crippen LogP) is 5.50. The first-order valence-electron chi connectivity index (χ1n) is 13.6. The van der Waals surface area contributed by atoms with Crippen molar-refractivity contribution in [2.75, 3.05) is 13.2 Å². The monoisotopic (exact) mass is 580 g/mol. The maximum absolute atomic E-state index is 12.8. The Morgan fingerprint density at radius 2 is 1.54 bits per heavy atom. The van der Waals surface area contributed by atoms with E-state index >= 15 is 0 Å². The molecule has 0 saturated carbocycles. The number of Topliss-reactive ketones (excluding diaryl/α,β-unsaturated/α-hetero) is 1. The Hall–Kier alpha value is -3.53. The summed E-state index contributed by atoms with van der Waals surface area (Å²) in [6.07, 6.45) is 0.345. The van der Waals surface area contributed by atoms with Crippen molar-refractivity contribution in [2.24, 2.45) is 5.41 Å². The van der Waals surface area contributed by atoms with Crippen LogP contribution in [0.25, 0.3) is 11.1 Å². The van der Waals surface area contributed by atoms with Gasteiger partial charge in [0, 0.05) is 30.7 Å². The summed E-state index contributed by atoms with van der Waals surface area (Å²) in [5.41, 5.74) is 4.98. The van der Waals surface area contributed by atoms with Gasteiger partial charge < -0.3 is 14.0 Å². The second-order valence-corrected chi connectivity index (χ2v) is 12.6. The third-order valence-electron chi connectivity index (χ3n) is 6.73. The lowest BCUT2D eigenvalue weighted by Crippen LogP contribution is -2.22. The number of fused-ring (bicyclic) bond motifs is 3. The van der Waals surface area contributed by atoms with Crippen molar-refractivity contribution >= 4 is 22.2 Å². The van der Waals surface area contributed by atoms with E-state index in [1.165, 1.54) is 18.2 Å². The molecule has 8 nitrogen and oxygen atoms in total. The molecule has 0 aliphatic heterocycles. The summed E-state index contributed by atoms with van der Waals surface area (Å²) in [5.74, 6) is -0.660. The molecular formula is C32H36O8S. The van der Waals surface area contributed by atoms with Crippen LogP contribution in [0.4, 0.5) is 0 Å². The third kappa shape index (κ3) is 8.25. The van der Waals surface area contributed by atoms with Crippen LogP contribution in [0.3, 0.4) is 0 Å². The molecule has 3 aromatic rings. The number of hydrogen-bond donors (Lipinski definition) is 1. The molecule has 4 rings (SSSR count). The Balaban J connectivity index is 1.30. The quantitative estimate of drug-likeness (QED) is 0.264. The van der Waals surface area contributed by atoms with Gasteiger partial charge in [-0.1, -0.05) is 75.4 Å². The first kappa shape index (κ1) is 30.4. The molecule has 0 aromatic heterocycles. The highest BCUT2D eigenvalue weighted by Crippen LogP contribution is 2.44. The van der Waals surface area contributed by atoms with Gasteiger partial charge in [-0.2, -0.15) is 8.42 Å². The van der Waals surface area contributed by atoms with Gasteiger partial charge in [-0.3, -0.25) is 9.59 Å². The van der Waals surface area contributed by atoms with Gasteiger partial charge in [0.15, 0.2) is 0 Å². The molecular weight excluding hydrogens is 544 g/mol. The molecule has 0 fully saturated rings. The van der Waals surface area contributed by atoms with Gasteiger partial charge in [0.05, 0.1) is 13.2 Å². The number of esters is 1. The maximum Gasteiger partial charge on any atom is 0.449 e. The molecule has 218 valence electrons. The van der Waals surface area contributed by atoms with Gasteiger partial charge in [-0.15, -0.1) is 0 Å². The average Bonchev–Trinajstić information content (AvgIpc) is 3.25. The van der Waals surface area contributed by atoms with Gasteiger partial charge in [-0.25, -0.2) is 4.18 Å². The molecule has 0 saturated heterocycles. The Labute approximate surface area is 241 Å². The minimum absolute atomic E-state index is 0.0335. The normalized spacial score (nSPS) is 13.0. The number of ether oxygens (including phenoxy) is 1. The zero-order chi connectivity index (χ0) is 29.6. The molecule has 1 N–H and O–H groups in total. The van der Waals surface area contributed by atoms with Gasteiger partial charge in [-0.05, 0) is 51.8 Å². The maximum atomic E-state index is 12.8. The second kappa shape index (κ2) is 13.0. The first-order valence-corrected chi connectivity index (χ1v) is 15.0. The van der Waals surface area contributed by atoms with Crippen LogP contribution in [0, 0.1) is 5.41 Å². The molecule has 0 atom stereocenters. The smallest absolute Gasteiger partial charge is 0.449 e. The summed E-state index contributed by atoms with van der Waals surface area (Å²) < 4.78 is 40.4. The van der Waals surface area contributed by atoms with Crippen LogP contribution in [0.2, 0.25) is 0 Å². The summed E-state index contributed by atoms with van der Waals surface area (Å²) in [6, 6.07) is 20.6. The van der Waals surface area contributed by atoms with Crippen LogP contribution in [-0.2, 0) is 41.9 Å². The lowest BCUT2D eigenvalue weighted by atomic mass is 9.98. The molecule has 3 aromatic carbocycles. The van der Waals surface area contributed by atoms with Gasteiger partial charge >= 0.3 is 16.4 Å². The number of aliphatic hydroxyl groups excluding tert-OH is 1. The first-order chi connectivity index (χ1) is 19.5. The Morgan fingerprint density at radius 1 is 0.902 bits per heavy atom. The minimum atomic E-state index is -4.36. The Morgan fingerprint density at radius 3 is 2.15 bits per heavy atom. The summed E-state index contributed by atoms with van der Waals surface area (Å²) >= 11 is 0. The van der Waals surface area contributed by atoms with Crippen LogP contribution in [0.1, 0.15) is 68.2 Å². The van der Waals surface area contributed by atoms with Crippen molar-refractivity contribution in [1.82, 2.24) is 0 Å². The van der Waals surface area contributed by atoms with Crippen LogP contribution in [0.15, 0.2) is 66.7 Å². The van der Waals surface area contributed by atoms with E-state index in [9.17, 15) is 23.1 Å². The topological polar surface area (TPSA) is 116 Å². The Kier molecular flexibility index (Phi) is 9.63. The molecule has 0 radical (unpaired) electrons. The van der Waals surface area contributed by atoms with E-state index in [1.807, 2.05) is 45.0 Å². The fourth-order valence-corrected chi connectivity index (χ4v) is 5.68. The molecule has 0 amide bonds. The summed E-state index contributed by atoms with van der Waals surface area (Å²) in [4.78, 5) is 25.3. The number of rotatable bonds is 13. The highest BCUT2D eigenvalue weighted by molar-refractivity contribution is 7.82. The van der Waals surface area contributed by atoms with Gasteiger partial charge in [0.2, 0.25) is 0 Å². The van der Waals surface area contributed by atoms with E-state index in [4.69, 9.17) is 13.1 Å². The van der Waals surface area contributed by atoms with Crippen molar-refractivity contribution in [1.29, 1.82) is 0 Å². The highest BCUT2D eigenvalue weighted by Gasteiger charge is 2.29. The number of carbonyl (C=O) groups excluding carboxylic acids is 2. The SMILES string of the molecule is CC(C)(C)COS(=O)(=O)Oc1ccc(CO)cc1CC(=O)CCCC(=O)OCC1c2ccccc2-c2ccccc21. The largest absolute Gasteiger partial charge is 0.465 e. The zero-order valence-corrected chi connectivity index (χ0v) is 24.4. The van der Waals surface area contributed by atoms with E-state index in [1.54, 1.807) is 0 Å². The number of benzene rings is 3. The average molecular weight is 581 g/mol. The Bertz CT molecular complexity index is 1460. The lowest BCUT2D eigenvalue weighted by Gasteiger charge is -2.18. The molecule has 0 unspecified atom stereocenters. The zero-order valence-electron chi connectivity index (χ0n) is 23.6. The molecule has 9 heteroatoms. The number of ketones is 1. The lowest BCUT2D eigenvalue weighted by molar-refractivity contribution is -0.144. The number of hydrogen-bond acceptors (Lipinski definition) is 8. The highest BCUT2D eigenvalue weighted by atomic mass is 32.3. The molecule has 0 spiro atoms. The standard InChI is InChI=1S/C32H36O8S/c1-32(2,3)21-39-41(36,37)40-30-16-15-22(19-33)17-23(30)18-24(34)9-8-14-31(35)38-20-29-27-12-6-4-10-25(27)26-11-5-7-13-28(26)29/h4-7,10-13,15-17,29,33H,8-9,14,18-21H2,1-3H3. The van der Waals surface area contributed by atoms with E-state index in [0.29, 0.717) is 17.5 Å². The van der Waals surface area contributed by atoms with Crippen LogP contribution < -0.4 is 4.18 Å². The third-order valence-corrected chi connectivity index (χ3v) is 7.52. The van der Waals surface area contributed by atoms with Crippen LogP contribution >= 0.6 is 0 Å². The molecule has 0 bridgehead atoms. The predicted molar refractivity (Wildman–Crippen MR) is 155 cm³/mol. The second-order valence-electron chi connectivity index (χ2n) is 11.4. The summed E-state index contributed by atoms with van der Waals surface area (Å²) in [7, 11) is -4.36. The van der Waals surface area contributed by atoms with E-state index in [0.717, 1.165) is 22.3 Å². The number of carbonyl (C=O) groups is 2. The summed E-state index contributed by atoms with van der Waals surface area (Å²) in [6.45, 7) is 5.34. The van der Waals surface area contributed by atoms with E-state index in [2.05, 4.69) is 24.3 Å². The molecule has 1 aliphatic rings. The molecule has 41 heavy (non-hydrogen) atoms. The van der Waals surface area contributed by atoms with Crippen molar-refractivity contribution in [3.8, 4) is 16.9 Å². The molecule has 1 aliphatic carbocycles. The van der Waals surface area contributed by atoms with Gasteiger partial charge in [0.25, 0.3) is 0 Å². The fourth-order valence-electron chi connectivity index (χ4n) is 4.75. The van der Waals surface area contributed by atoms with Crippen molar-refractivity contribution in [3.63, 3.8) is 0 Å². The fraction of sp³-hybridized carbons (Fsp3) is 0.375. The number of aliphatic hydroxyl groups is 1. The van der Waals surface area contributed by atoms with Crippen molar-refractivity contribution in [3.05, 3.63) is 89.0 Å². The van der Waals surface area contributed by atoms with E-state index in [-0.39, 0.29) is 62.5 Å². The van der Waals surface area contributed by atoms with Crippen LogP contribution in [-0.4, -0.2) is 38.5 Å². The molecule has 0 heterocycles. The van der Waals surface area contributed by atoms with Crippen molar-refractivity contribution < 1.29 is 36.2 Å². The van der Waals surface area contributed by atoms with Crippen LogP contribution in [0.5, 0.6) is 5.75 Å².